The smallest absolute Gasteiger partial charge is 0.256 e. The summed E-state index contributed by atoms with van der Waals surface area (Å²) in [6.45, 7) is 0.585. The number of nitrogens with one attached hydrogen (secondary N) is 1. The Labute approximate surface area is 218 Å². The third kappa shape index (κ3) is 4.99. The number of aromatic nitrogens is 1. The molecule has 3 heterocycles. The minimum absolute atomic E-state index is 0.0253. The molecule has 1 aromatic heterocycles. The number of piperidine rings is 1. The number of nitrogens with zero attached hydrogens (tertiary/aromatic N) is 3. The molecule has 8 nitrogen and oxygen atoms in total. The van der Waals surface area contributed by atoms with Crippen LogP contribution in [0.1, 0.15) is 39.1 Å². The SMILES string of the molecule is O=C(NCc1cccnc1)C1COC2(CCN(C(=O)c3ccccc3F)CC2)N1C(=O)c1ccc(F)cc1. The summed E-state index contributed by atoms with van der Waals surface area (Å²) >= 11 is 0. The minimum Gasteiger partial charge on any atom is -0.353 e. The van der Waals surface area contributed by atoms with E-state index in [-0.39, 0.29) is 50.2 Å². The largest absolute Gasteiger partial charge is 0.353 e. The van der Waals surface area contributed by atoms with E-state index in [0.29, 0.717) is 0 Å². The molecule has 2 saturated heterocycles. The van der Waals surface area contributed by atoms with E-state index >= 15 is 0 Å². The number of pyridine rings is 1. The van der Waals surface area contributed by atoms with Crippen molar-refractivity contribution in [2.24, 2.45) is 0 Å². The third-order valence-corrected chi connectivity index (χ3v) is 7.00. The summed E-state index contributed by atoms with van der Waals surface area (Å²) in [6, 6.07) is 13.5. The number of rotatable bonds is 5. The van der Waals surface area contributed by atoms with E-state index in [9.17, 15) is 23.2 Å². The number of ether oxygens (including phenoxy) is 1. The first kappa shape index (κ1) is 25.5. The second-order valence-corrected chi connectivity index (χ2v) is 9.31. The van der Waals surface area contributed by atoms with E-state index in [1.165, 1.54) is 52.3 Å². The molecule has 1 N–H and O–H groups in total. The summed E-state index contributed by atoms with van der Waals surface area (Å²) in [5.41, 5.74) is -0.159. The Bertz CT molecular complexity index is 1330. The molecule has 1 spiro atoms. The molecule has 5 rings (SSSR count). The van der Waals surface area contributed by atoms with Crippen LogP contribution in [0.25, 0.3) is 0 Å². The lowest BCUT2D eigenvalue weighted by Crippen LogP contribution is -2.59. The lowest BCUT2D eigenvalue weighted by Gasteiger charge is -2.44. The molecule has 2 fully saturated rings. The van der Waals surface area contributed by atoms with Gasteiger partial charge in [0.25, 0.3) is 11.8 Å². The van der Waals surface area contributed by atoms with Crippen molar-refractivity contribution in [1.29, 1.82) is 0 Å². The van der Waals surface area contributed by atoms with Gasteiger partial charge in [-0.1, -0.05) is 18.2 Å². The topological polar surface area (TPSA) is 91.8 Å². The van der Waals surface area contributed by atoms with E-state index in [2.05, 4.69) is 10.3 Å². The van der Waals surface area contributed by atoms with E-state index in [1.54, 1.807) is 24.5 Å². The third-order valence-electron chi connectivity index (χ3n) is 7.00. The second-order valence-electron chi connectivity index (χ2n) is 9.31. The predicted molar refractivity (Wildman–Crippen MR) is 133 cm³/mol. The number of hydrogen-bond donors (Lipinski definition) is 1. The van der Waals surface area contributed by atoms with Gasteiger partial charge in [-0.05, 0) is 48.0 Å². The maximum Gasteiger partial charge on any atom is 0.256 e. The van der Waals surface area contributed by atoms with Gasteiger partial charge < -0.3 is 15.0 Å². The average molecular weight is 521 g/mol. The number of carbonyl (C=O) groups is 3. The van der Waals surface area contributed by atoms with Gasteiger partial charge in [-0.25, -0.2) is 8.78 Å². The van der Waals surface area contributed by atoms with E-state index in [1.807, 2.05) is 6.07 Å². The van der Waals surface area contributed by atoms with Crippen LogP contribution < -0.4 is 5.32 Å². The molecule has 0 aliphatic carbocycles. The quantitative estimate of drug-likeness (QED) is 0.558. The van der Waals surface area contributed by atoms with Crippen LogP contribution in [0.4, 0.5) is 8.78 Å². The van der Waals surface area contributed by atoms with E-state index < -0.39 is 41.1 Å². The van der Waals surface area contributed by atoms with Crippen LogP contribution in [0.2, 0.25) is 0 Å². The average Bonchev–Trinajstić information content (AvgIpc) is 3.31. The zero-order valence-electron chi connectivity index (χ0n) is 20.5. The van der Waals surface area contributed by atoms with Crippen LogP contribution in [0.3, 0.4) is 0 Å². The standard InChI is InChI=1S/C28H26F2N4O4/c29-21-9-7-20(8-10-21)26(36)34-24(25(35)32-17-19-4-3-13-31-16-19)18-38-28(34)11-14-33(15-12-28)27(37)22-5-1-2-6-23(22)30/h1-10,13,16,24H,11-12,14-15,17-18H2,(H,32,35). The Balaban J connectivity index is 1.37. The maximum absolute atomic E-state index is 14.2. The molecule has 0 bridgehead atoms. The fourth-order valence-electron chi connectivity index (χ4n) is 4.97. The molecule has 2 aliphatic rings. The minimum atomic E-state index is -1.15. The second kappa shape index (κ2) is 10.7. The Kier molecular flexibility index (Phi) is 7.15. The number of carbonyl (C=O) groups excluding carboxylic acids is 3. The van der Waals surface area contributed by atoms with Crippen LogP contribution >= 0.6 is 0 Å². The monoisotopic (exact) mass is 520 g/mol. The lowest BCUT2D eigenvalue weighted by molar-refractivity contribution is -0.128. The molecule has 0 saturated carbocycles. The molecular weight excluding hydrogens is 494 g/mol. The highest BCUT2D eigenvalue weighted by Crippen LogP contribution is 2.39. The van der Waals surface area contributed by atoms with Crippen LogP contribution in [0.15, 0.2) is 73.1 Å². The number of likely N-dealkylation sites (tertiary alicyclic amines) is 1. The van der Waals surface area contributed by atoms with Gasteiger partial charge in [0.2, 0.25) is 5.91 Å². The number of hydrogen-bond acceptors (Lipinski definition) is 5. The highest BCUT2D eigenvalue weighted by molar-refractivity contribution is 5.98. The van der Waals surface area contributed by atoms with Gasteiger partial charge in [0.05, 0.1) is 12.2 Å². The number of amides is 3. The number of halogens is 2. The van der Waals surface area contributed by atoms with Crippen LogP contribution in [-0.2, 0) is 16.1 Å². The molecule has 38 heavy (non-hydrogen) atoms. The van der Waals surface area contributed by atoms with Crippen molar-refractivity contribution < 1.29 is 27.9 Å². The van der Waals surface area contributed by atoms with Crippen molar-refractivity contribution in [3.05, 3.63) is 101 Å². The fourth-order valence-corrected chi connectivity index (χ4v) is 4.97. The lowest BCUT2D eigenvalue weighted by atomic mass is 9.96. The fraction of sp³-hybridized carbons (Fsp3) is 0.286. The highest BCUT2D eigenvalue weighted by atomic mass is 19.1. The Morgan fingerprint density at radius 1 is 0.974 bits per heavy atom. The highest BCUT2D eigenvalue weighted by Gasteiger charge is 2.54. The summed E-state index contributed by atoms with van der Waals surface area (Å²) < 4.78 is 33.9. The zero-order chi connectivity index (χ0) is 26.7. The Hall–Kier alpha value is -4.18. The van der Waals surface area contributed by atoms with Crippen LogP contribution in [0, 0.1) is 11.6 Å². The summed E-state index contributed by atoms with van der Waals surface area (Å²) in [5, 5.41) is 2.84. The molecule has 1 atom stereocenters. The summed E-state index contributed by atoms with van der Waals surface area (Å²) in [6.07, 6.45) is 3.72. The first-order valence-electron chi connectivity index (χ1n) is 12.3. The van der Waals surface area contributed by atoms with Gasteiger partial charge in [-0.3, -0.25) is 24.3 Å². The molecule has 3 amide bonds. The molecule has 3 aromatic rings. The molecule has 2 aromatic carbocycles. The van der Waals surface area contributed by atoms with Gasteiger partial charge in [0.15, 0.2) is 0 Å². The van der Waals surface area contributed by atoms with Gasteiger partial charge in [-0.15, -0.1) is 0 Å². The van der Waals surface area contributed by atoms with Gasteiger partial charge in [0, 0.05) is 50.4 Å². The van der Waals surface area contributed by atoms with Crippen molar-refractivity contribution in [1.82, 2.24) is 20.1 Å². The van der Waals surface area contributed by atoms with Gasteiger partial charge in [0.1, 0.15) is 23.4 Å². The van der Waals surface area contributed by atoms with Gasteiger partial charge in [-0.2, -0.15) is 0 Å². The molecule has 0 radical (unpaired) electrons. The molecule has 1 unspecified atom stereocenters. The number of benzene rings is 2. The Morgan fingerprint density at radius 3 is 2.39 bits per heavy atom. The maximum atomic E-state index is 14.2. The van der Waals surface area contributed by atoms with E-state index in [0.717, 1.165) is 5.56 Å². The normalized spacial score (nSPS) is 18.4. The van der Waals surface area contributed by atoms with Crippen molar-refractivity contribution in [3.63, 3.8) is 0 Å². The zero-order valence-corrected chi connectivity index (χ0v) is 20.5. The van der Waals surface area contributed by atoms with Crippen LogP contribution in [-0.4, -0.2) is 64.0 Å². The van der Waals surface area contributed by atoms with Crippen molar-refractivity contribution >= 4 is 17.7 Å². The predicted octanol–water partition coefficient (Wildman–Crippen LogP) is 3.15. The molecular formula is C28H26F2N4O4. The van der Waals surface area contributed by atoms with Crippen molar-refractivity contribution in [2.45, 2.75) is 31.2 Å². The summed E-state index contributed by atoms with van der Waals surface area (Å²) in [7, 11) is 0. The van der Waals surface area contributed by atoms with Gasteiger partial charge >= 0.3 is 0 Å². The van der Waals surface area contributed by atoms with Crippen molar-refractivity contribution in [3.8, 4) is 0 Å². The van der Waals surface area contributed by atoms with Crippen LogP contribution in [0.5, 0.6) is 0 Å². The first-order valence-corrected chi connectivity index (χ1v) is 12.3. The molecule has 196 valence electrons. The summed E-state index contributed by atoms with van der Waals surface area (Å²) in [4.78, 5) is 46.9. The van der Waals surface area contributed by atoms with Crippen molar-refractivity contribution in [2.75, 3.05) is 19.7 Å². The molecule has 2 aliphatic heterocycles. The molecule has 10 heteroatoms. The first-order chi connectivity index (χ1) is 18.4. The summed E-state index contributed by atoms with van der Waals surface area (Å²) in [5.74, 6) is -2.41. The van der Waals surface area contributed by atoms with E-state index in [4.69, 9.17) is 4.74 Å². The Morgan fingerprint density at radius 2 is 1.71 bits per heavy atom.